The van der Waals surface area contributed by atoms with Crippen LogP contribution in [0.1, 0.15) is 29.7 Å². The molecule has 0 heterocycles. The highest BCUT2D eigenvalue weighted by Gasteiger charge is 2.31. The standard InChI is InChI=1S/C25H27ClN2O4S/c1-17-10-12-20(13-11-17)24(19-8-6-5-7-9-19)27-25(29)18(2)28(33(4,30)31)21-14-15-23(32-3)22(26)16-21/h5-16,18,24H,1-4H3,(H,27,29)/t18-,24-/m1/s1. The van der Waals surface area contributed by atoms with Crippen molar-refractivity contribution in [2.24, 2.45) is 0 Å². The lowest BCUT2D eigenvalue weighted by Gasteiger charge is -2.30. The zero-order chi connectivity index (χ0) is 24.2. The maximum atomic E-state index is 13.4. The number of anilines is 1. The van der Waals surface area contributed by atoms with E-state index in [0.717, 1.165) is 27.3 Å². The zero-order valence-electron chi connectivity index (χ0n) is 18.9. The summed E-state index contributed by atoms with van der Waals surface area (Å²) in [4.78, 5) is 13.4. The summed E-state index contributed by atoms with van der Waals surface area (Å²) >= 11 is 6.22. The van der Waals surface area contributed by atoms with Gasteiger partial charge in [0.25, 0.3) is 0 Å². The van der Waals surface area contributed by atoms with E-state index >= 15 is 0 Å². The molecule has 0 aliphatic carbocycles. The molecule has 0 saturated heterocycles. The van der Waals surface area contributed by atoms with Crippen molar-refractivity contribution >= 4 is 33.2 Å². The van der Waals surface area contributed by atoms with E-state index in [4.69, 9.17) is 16.3 Å². The first-order valence-electron chi connectivity index (χ1n) is 10.4. The molecule has 0 fully saturated rings. The Balaban J connectivity index is 1.96. The topological polar surface area (TPSA) is 75.7 Å². The number of nitrogens with one attached hydrogen (secondary N) is 1. The minimum Gasteiger partial charge on any atom is -0.495 e. The van der Waals surface area contributed by atoms with Crippen LogP contribution in [0.5, 0.6) is 5.75 Å². The zero-order valence-corrected chi connectivity index (χ0v) is 20.5. The number of ether oxygens (including phenoxy) is 1. The Kier molecular flexibility index (Phi) is 7.66. The van der Waals surface area contributed by atoms with Crippen LogP contribution in [0, 0.1) is 6.92 Å². The van der Waals surface area contributed by atoms with E-state index < -0.39 is 28.0 Å². The quantitative estimate of drug-likeness (QED) is 0.500. The Bertz CT molecular complexity index is 1210. The molecule has 33 heavy (non-hydrogen) atoms. The second-order valence-corrected chi connectivity index (χ2v) is 10.1. The van der Waals surface area contributed by atoms with Gasteiger partial charge >= 0.3 is 0 Å². The minimum absolute atomic E-state index is 0.248. The molecular weight excluding hydrogens is 460 g/mol. The average Bonchev–Trinajstić information content (AvgIpc) is 2.78. The fourth-order valence-corrected chi connectivity index (χ4v) is 5.05. The third kappa shape index (κ3) is 5.86. The largest absolute Gasteiger partial charge is 0.495 e. The van der Waals surface area contributed by atoms with Gasteiger partial charge in [0.1, 0.15) is 11.8 Å². The van der Waals surface area contributed by atoms with Crippen LogP contribution in [0.4, 0.5) is 5.69 Å². The smallest absolute Gasteiger partial charge is 0.244 e. The Morgan fingerprint density at radius 1 is 1.00 bits per heavy atom. The van der Waals surface area contributed by atoms with Crippen LogP contribution in [0.15, 0.2) is 72.8 Å². The number of sulfonamides is 1. The van der Waals surface area contributed by atoms with E-state index in [1.54, 1.807) is 19.1 Å². The fraction of sp³-hybridized carbons (Fsp3) is 0.240. The van der Waals surface area contributed by atoms with E-state index in [1.165, 1.54) is 13.2 Å². The van der Waals surface area contributed by atoms with E-state index in [0.29, 0.717) is 5.75 Å². The van der Waals surface area contributed by atoms with Crippen LogP contribution in [-0.2, 0) is 14.8 Å². The highest BCUT2D eigenvalue weighted by molar-refractivity contribution is 7.92. The average molecular weight is 487 g/mol. The molecule has 0 unspecified atom stereocenters. The molecule has 3 aromatic carbocycles. The Labute approximate surface area is 200 Å². The minimum atomic E-state index is -3.80. The van der Waals surface area contributed by atoms with Gasteiger partial charge in [-0.2, -0.15) is 0 Å². The molecule has 1 amide bonds. The summed E-state index contributed by atoms with van der Waals surface area (Å²) in [6.45, 7) is 3.54. The van der Waals surface area contributed by atoms with Gasteiger partial charge in [-0.3, -0.25) is 9.10 Å². The van der Waals surface area contributed by atoms with Crippen LogP contribution in [0.2, 0.25) is 5.02 Å². The van der Waals surface area contributed by atoms with Crippen molar-refractivity contribution in [2.45, 2.75) is 25.9 Å². The number of hydrogen-bond acceptors (Lipinski definition) is 4. The first kappa shape index (κ1) is 24.6. The number of nitrogens with zero attached hydrogens (tertiary/aromatic N) is 1. The monoisotopic (exact) mass is 486 g/mol. The maximum absolute atomic E-state index is 13.4. The first-order valence-corrected chi connectivity index (χ1v) is 12.6. The molecule has 0 bridgehead atoms. The number of hydrogen-bond donors (Lipinski definition) is 1. The number of carbonyl (C=O) groups excluding carboxylic acids is 1. The van der Waals surface area contributed by atoms with Gasteiger partial charge in [-0.05, 0) is 43.2 Å². The Morgan fingerprint density at radius 2 is 1.61 bits per heavy atom. The summed E-state index contributed by atoms with van der Waals surface area (Å²) in [6, 6.07) is 20.5. The van der Waals surface area contributed by atoms with Crippen LogP contribution in [0.25, 0.3) is 0 Å². The summed E-state index contributed by atoms with van der Waals surface area (Å²) in [5.74, 6) is -0.0312. The third-order valence-electron chi connectivity index (χ3n) is 5.31. The third-order valence-corrected chi connectivity index (χ3v) is 6.85. The summed E-state index contributed by atoms with van der Waals surface area (Å²) in [6.07, 6.45) is 1.06. The number of benzene rings is 3. The molecule has 2 atom stereocenters. The number of halogens is 1. The fourth-order valence-electron chi connectivity index (χ4n) is 3.63. The molecule has 0 aromatic heterocycles. The lowest BCUT2D eigenvalue weighted by Crippen LogP contribution is -2.48. The molecule has 8 heteroatoms. The van der Waals surface area contributed by atoms with Crippen LogP contribution in [-0.4, -0.2) is 33.7 Å². The molecule has 174 valence electrons. The van der Waals surface area contributed by atoms with Gasteiger partial charge in [0.15, 0.2) is 0 Å². The second kappa shape index (κ2) is 10.3. The predicted molar refractivity (Wildman–Crippen MR) is 132 cm³/mol. The van der Waals surface area contributed by atoms with Gasteiger partial charge in [0, 0.05) is 0 Å². The number of methoxy groups -OCH3 is 1. The molecule has 0 saturated carbocycles. The van der Waals surface area contributed by atoms with Gasteiger partial charge in [-0.25, -0.2) is 8.42 Å². The number of amides is 1. The first-order chi connectivity index (χ1) is 15.6. The normalized spacial score (nSPS) is 13.1. The highest BCUT2D eigenvalue weighted by Crippen LogP contribution is 2.31. The Hall–Kier alpha value is -3.03. The number of carbonyl (C=O) groups is 1. The van der Waals surface area contributed by atoms with Crippen molar-refractivity contribution in [1.29, 1.82) is 0 Å². The van der Waals surface area contributed by atoms with Crippen molar-refractivity contribution in [3.8, 4) is 5.75 Å². The van der Waals surface area contributed by atoms with E-state index in [-0.39, 0.29) is 10.7 Å². The van der Waals surface area contributed by atoms with Crippen LogP contribution in [0.3, 0.4) is 0 Å². The summed E-state index contributed by atoms with van der Waals surface area (Å²) in [5, 5.41) is 3.27. The molecule has 3 rings (SSSR count). The second-order valence-electron chi connectivity index (χ2n) is 7.82. The van der Waals surface area contributed by atoms with Crippen molar-refractivity contribution < 1.29 is 17.9 Å². The highest BCUT2D eigenvalue weighted by atomic mass is 35.5. The molecule has 6 nitrogen and oxygen atoms in total. The van der Waals surface area contributed by atoms with E-state index in [1.807, 2.05) is 61.5 Å². The van der Waals surface area contributed by atoms with Gasteiger partial charge in [-0.1, -0.05) is 71.8 Å². The van der Waals surface area contributed by atoms with E-state index in [2.05, 4.69) is 5.32 Å². The molecule has 1 N–H and O–H groups in total. The van der Waals surface area contributed by atoms with Crippen molar-refractivity contribution in [2.75, 3.05) is 17.7 Å². The van der Waals surface area contributed by atoms with Crippen molar-refractivity contribution in [1.82, 2.24) is 5.32 Å². The van der Waals surface area contributed by atoms with Gasteiger partial charge in [0.2, 0.25) is 15.9 Å². The van der Waals surface area contributed by atoms with Gasteiger partial charge in [-0.15, -0.1) is 0 Å². The molecule has 0 aliphatic rings. The van der Waals surface area contributed by atoms with Crippen LogP contribution >= 0.6 is 11.6 Å². The molecule has 3 aromatic rings. The summed E-state index contributed by atoms with van der Waals surface area (Å²) in [7, 11) is -2.32. The summed E-state index contributed by atoms with van der Waals surface area (Å²) in [5.41, 5.74) is 3.16. The van der Waals surface area contributed by atoms with Crippen molar-refractivity contribution in [3.63, 3.8) is 0 Å². The Morgan fingerprint density at radius 3 is 2.15 bits per heavy atom. The van der Waals surface area contributed by atoms with Crippen LogP contribution < -0.4 is 14.4 Å². The molecular formula is C25H27ClN2O4S. The molecule has 0 spiro atoms. The predicted octanol–water partition coefficient (Wildman–Crippen LogP) is 4.72. The molecule has 0 aliphatic heterocycles. The number of aryl methyl sites for hydroxylation is 1. The lowest BCUT2D eigenvalue weighted by atomic mass is 9.97. The van der Waals surface area contributed by atoms with Crippen molar-refractivity contribution in [3.05, 3.63) is 94.5 Å². The van der Waals surface area contributed by atoms with Gasteiger partial charge in [0.05, 0.1) is 30.1 Å². The SMILES string of the molecule is COc1ccc(N([C@H](C)C(=O)N[C@H](c2ccccc2)c2ccc(C)cc2)S(C)(=O)=O)cc1Cl. The molecule has 0 radical (unpaired) electrons. The lowest BCUT2D eigenvalue weighted by molar-refractivity contribution is -0.122. The van der Waals surface area contributed by atoms with E-state index in [9.17, 15) is 13.2 Å². The maximum Gasteiger partial charge on any atom is 0.244 e. The van der Waals surface area contributed by atoms with Gasteiger partial charge < -0.3 is 10.1 Å². The number of rotatable bonds is 8. The summed E-state index contributed by atoms with van der Waals surface area (Å²) < 4.78 is 31.6.